The summed E-state index contributed by atoms with van der Waals surface area (Å²) in [6.07, 6.45) is 0. The van der Waals surface area contributed by atoms with Gasteiger partial charge in [0.25, 0.3) is 0 Å². The van der Waals surface area contributed by atoms with E-state index in [1.807, 2.05) is 0 Å². The van der Waals surface area contributed by atoms with E-state index in [2.05, 4.69) is 131 Å². The van der Waals surface area contributed by atoms with Gasteiger partial charge in [-0.1, -0.05) is 121 Å². The van der Waals surface area contributed by atoms with Crippen molar-refractivity contribution in [2.75, 3.05) is 0 Å². The van der Waals surface area contributed by atoms with Crippen LogP contribution in [-0.4, -0.2) is 0 Å². The van der Waals surface area contributed by atoms with Gasteiger partial charge in [0.15, 0.2) is 0 Å². The van der Waals surface area contributed by atoms with E-state index in [4.69, 9.17) is 0 Å². The number of allylic oxidation sites excluding steroid dienone is 4. The van der Waals surface area contributed by atoms with Crippen LogP contribution in [0.4, 0.5) is 0 Å². The zero-order chi connectivity index (χ0) is 20.3. The van der Waals surface area contributed by atoms with Crippen LogP contribution in [-0.2, 0) is 0 Å². The quantitative estimate of drug-likeness (QED) is 0.307. The summed E-state index contributed by atoms with van der Waals surface area (Å²) in [5.74, 6) is 0.198. The Morgan fingerprint density at radius 3 is 1.33 bits per heavy atom. The Balaban J connectivity index is 1.86. The van der Waals surface area contributed by atoms with E-state index in [0.29, 0.717) is 0 Å². The molecule has 0 aromatic heterocycles. The highest BCUT2D eigenvalue weighted by Gasteiger charge is 2.34. The lowest BCUT2D eigenvalue weighted by molar-refractivity contribution is 1.11. The Morgan fingerprint density at radius 1 is 0.433 bits per heavy atom. The number of rotatable bonds is 4. The summed E-state index contributed by atoms with van der Waals surface area (Å²) in [6.45, 7) is 0. The molecule has 1 heteroatoms. The maximum absolute atomic E-state index is 3.08. The lowest BCUT2D eigenvalue weighted by atomic mass is 9.85. The Bertz CT molecular complexity index is 1200. The van der Waals surface area contributed by atoms with E-state index in [1.165, 1.54) is 44.3 Å². The Kier molecular flexibility index (Phi) is 5.18. The average molecular weight is 402 g/mol. The van der Waals surface area contributed by atoms with Crippen molar-refractivity contribution in [1.82, 2.24) is 0 Å². The zero-order valence-electron chi connectivity index (χ0n) is 16.7. The van der Waals surface area contributed by atoms with Crippen LogP contribution in [0.5, 0.6) is 0 Å². The molecule has 4 aromatic rings. The van der Waals surface area contributed by atoms with E-state index in [0.717, 1.165) is 0 Å². The molecular weight excluding hydrogens is 379 g/mol. The summed E-state index contributed by atoms with van der Waals surface area (Å²) in [7, 11) is 3.08. The van der Waals surface area contributed by atoms with Gasteiger partial charge in [0.1, 0.15) is 0 Å². The maximum Gasteiger partial charge on any atom is 0.0357 e. The highest BCUT2D eigenvalue weighted by atomic mass is 31.0. The molecule has 0 spiro atoms. The van der Waals surface area contributed by atoms with Crippen molar-refractivity contribution in [3.05, 3.63) is 149 Å². The number of benzene rings is 4. The van der Waals surface area contributed by atoms with Crippen LogP contribution < -0.4 is 0 Å². The third-order valence-corrected chi connectivity index (χ3v) is 6.37. The second-order valence-corrected chi connectivity index (χ2v) is 8.18. The predicted octanol–water partition coefficient (Wildman–Crippen LogP) is 7.68. The van der Waals surface area contributed by atoms with Crippen LogP contribution in [0.2, 0.25) is 0 Å². The van der Waals surface area contributed by atoms with Crippen molar-refractivity contribution in [3.63, 3.8) is 0 Å². The fraction of sp³-hybridized carbons (Fsp3) is 0.0345. The smallest absolute Gasteiger partial charge is 0.0357 e. The van der Waals surface area contributed by atoms with Crippen molar-refractivity contribution in [2.24, 2.45) is 0 Å². The van der Waals surface area contributed by atoms with E-state index >= 15 is 0 Å². The summed E-state index contributed by atoms with van der Waals surface area (Å²) < 4.78 is 0. The fourth-order valence-electron chi connectivity index (χ4n) is 4.46. The van der Waals surface area contributed by atoms with Crippen molar-refractivity contribution < 1.29 is 0 Å². The van der Waals surface area contributed by atoms with Gasteiger partial charge >= 0.3 is 0 Å². The lowest BCUT2D eigenvalue weighted by Gasteiger charge is -2.19. The lowest BCUT2D eigenvalue weighted by Crippen LogP contribution is -2.00. The minimum atomic E-state index is 0.198. The molecular formula is C29H23P. The van der Waals surface area contributed by atoms with E-state index in [9.17, 15) is 0 Å². The topological polar surface area (TPSA) is 0 Å². The first-order chi connectivity index (χ1) is 14.8. The Morgan fingerprint density at radius 2 is 0.833 bits per heavy atom. The second kappa shape index (κ2) is 8.27. The first-order valence-corrected chi connectivity index (χ1v) is 10.9. The molecule has 1 aliphatic carbocycles. The molecule has 0 nitrogen and oxygen atoms in total. The van der Waals surface area contributed by atoms with E-state index in [-0.39, 0.29) is 5.92 Å². The zero-order valence-corrected chi connectivity index (χ0v) is 17.9. The normalized spacial score (nSPS) is 16.2. The van der Waals surface area contributed by atoms with E-state index < -0.39 is 0 Å². The molecule has 0 heterocycles. The summed E-state index contributed by atoms with van der Waals surface area (Å²) in [4.78, 5) is 0. The molecule has 0 amide bonds. The Labute approximate surface area is 180 Å². The molecule has 4 aromatic carbocycles. The van der Waals surface area contributed by atoms with Crippen molar-refractivity contribution in [3.8, 4) is 0 Å². The monoisotopic (exact) mass is 402 g/mol. The first kappa shape index (κ1) is 18.8. The summed E-state index contributed by atoms with van der Waals surface area (Å²) in [5, 5.41) is 1.32. The van der Waals surface area contributed by atoms with Crippen LogP contribution >= 0.6 is 9.24 Å². The van der Waals surface area contributed by atoms with Gasteiger partial charge in [-0.15, -0.1) is 9.24 Å². The standard InChI is InChI=1S/C29H23P/c30-29-27(23-17-9-3-10-18-23)25(21-13-5-1-6-14-21)26(22-15-7-2-8-16-22)28(29)24-19-11-4-12-20-24/h1-20,27H,30H2. The molecule has 0 saturated carbocycles. The highest BCUT2D eigenvalue weighted by Crippen LogP contribution is 2.57. The molecule has 30 heavy (non-hydrogen) atoms. The first-order valence-electron chi connectivity index (χ1n) is 10.3. The molecule has 5 rings (SSSR count). The van der Waals surface area contributed by atoms with Gasteiger partial charge in [-0.25, -0.2) is 0 Å². The van der Waals surface area contributed by atoms with E-state index in [1.54, 1.807) is 0 Å². The van der Waals surface area contributed by atoms with Gasteiger partial charge in [0.05, 0.1) is 0 Å². The van der Waals surface area contributed by atoms with Crippen LogP contribution in [0, 0.1) is 0 Å². The largest absolute Gasteiger partial charge is 0.108 e. The number of hydrogen-bond acceptors (Lipinski definition) is 0. The second-order valence-electron chi connectivity index (χ2n) is 7.56. The van der Waals surface area contributed by atoms with Crippen molar-refractivity contribution in [1.29, 1.82) is 0 Å². The summed E-state index contributed by atoms with van der Waals surface area (Å²) in [6, 6.07) is 43.3. The van der Waals surface area contributed by atoms with Gasteiger partial charge in [0, 0.05) is 5.92 Å². The summed E-state index contributed by atoms with van der Waals surface area (Å²) in [5.41, 5.74) is 9.13. The van der Waals surface area contributed by atoms with Crippen LogP contribution in [0.1, 0.15) is 28.2 Å². The minimum Gasteiger partial charge on any atom is -0.108 e. The third-order valence-electron chi connectivity index (χ3n) is 5.75. The van der Waals surface area contributed by atoms with Gasteiger partial charge in [-0.2, -0.15) is 0 Å². The molecule has 144 valence electrons. The van der Waals surface area contributed by atoms with Crippen LogP contribution in [0.3, 0.4) is 0 Å². The Hall–Kier alpha value is -3.21. The van der Waals surface area contributed by atoms with Gasteiger partial charge in [-0.05, 0) is 44.3 Å². The SMILES string of the molecule is PC1=C(c2ccccc2)C(c2ccccc2)=C(c2ccccc2)C1c1ccccc1. The predicted molar refractivity (Wildman–Crippen MR) is 132 cm³/mol. The molecule has 1 aliphatic rings. The van der Waals surface area contributed by atoms with Crippen molar-refractivity contribution >= 4 is 26.0 Å². The fourth-order valence-corrected chi connectivity index (χ4v) is 5.13. The third kappa shape index (κ3) is 3.34. The van der Waals surface area contributed by atoms with Crippen LogP contribution in [0.25, 0.3) is 16.7 Å². The molecule has 2 unspecified atom stereocenters. The summed E-state index contributed by atoms with van der Waals surface area (Å²) >= 11 is 0. The molecule has 0 fully saturated rings. The molecule has 0 aliphatic heterocycles. The molecule has 0 saturated heterocycles. The molecule has 0 N–H and O–H groups in total. The van der Waals surface area contributed by atoms with Crippen LogP contribution in [0.15, 0.2) is 127 Å². The van der Waals surface area contributed by atoms with Crippen molar-refractivity contribution in [2.45, 2.75) is 5.92 Å². The molecule has 2 atom stereocenters. The average Bonchev–Trinajstić information content (AvgIpc) is 3.14. The van der Waals surface area contributed by atoms with Gasteiger partial charge in [-0.3, -0.25) is 0 Å². The molecule has 0 bridgehead atoms. The highest BCUT2D eigenvalue weighted by molar-refractivity contribution is 7.23. The number of hydrogen-bond donors (Lipinski definition) is 0. The van der Waals surface area contributed by atoms with Gasteiger partial charge in [0.2, 0.25) is 0 Å². The molecule has 0 radical (unpaired) electrons. The van der Waals surface area contributed by atoms with Gasteiger partial charge < -0.3 is 0 Å². The maximum atomic E-state index is 3.08. The minimum absolute atomic E-state index is 0.198.